The van der Waals surface area contributed by atoms with E-state index in [0.717, 1.165) is 19.6 Å². The van der Waals surface area contributed by atoms with Crippen LogP contribution in [0.25, 0.3) is 0 Å². The van der Waals surface area contributed by atoms with Crippen LogP contribution in [0.4, 0.5) is 0 Å². The predicted molar refractivity (Wildman–Crippen MR) is 160 cm³/mol. The molecule has 0 aromatic rings. The molecule has 1 amide bonds. The molecule has 2 saturated carbocycles. The van der Waals surface area contributed by atoms with Crippen molar-refractivity contribution in [2.45, 2.75) is 126 Å². The molecule has 6 N–H and O–H groups in total. The Balaban J connectivity index is 1.39. The van der Waals surface area contributed by atoms with Gasteiger partial charge in [0.2, 0.25) is 5.91 Å². The minimum absolute atomic E-state index is 0.000519. The number of rotatable bonds is 16. The van der Waals surface area contributed by atoms with Gasteiger partial charge in [0, 0.05) is 50.4 Å². The molecule has 0 aromatic carbocycles. The Kier molecular flexibility index (Phi) is 13.8. The SMILES string of the molecule is CCNC(=O)CCCC=CC[C@H]1C(=O)C[C@@H](O[C@H]2OC(CO)[C@@H](O)[C@H](O)C2O)[C@@H]1C=C[C@@H](O)CCC1OCCCN1C1CC1. The number of nitrogens with zero attached hydrogens (tertiary/aromatic N) is 1. The quantitative estimate of drug-likeness (QED) is 0.104. The lowest BCUT2D eigenvalue weighted by Crippen LogP contribution is -2.59. The van der Waals surface area contributed by atoms with Gasteiger partial charge in [-0.1, -0.05) is 24.3 Å². The molecule has 12 heteroatoms. The summed E-state index contributed by atoms with van der Waals surface area (Å²) in [7, 11) is 0. The highest BCUT2D eigenvalue weighted by Gasteiger charge is 2.48. The Hall–Kier alpha value is -1.74. The van der Waals surface area contributed by atoms with Crippen molar-refractivity contribution in [3.05, 3.63) is 24.3 Å². The van der Waals surface area contributed by atoms with Crippen molar-refractivity contribution in [1.82, 2.24) is 10.2 Å². The van der Waals surface area contributed by atoms with Crippen molar-refractivity contribution in [2.24, 2.45) is 11.8 Å². The summed E-state index contributed by atoms with van der Waals surface area (Å²) in [4.78, 5) is 27.3. The van der Waals surface area contributed by atoms with E-state index in [2.05, 4.69) is 10.2 Å². The second-order valence-corrected chi connectivity index (χ2v) is 12.5. The lowest BCUT2D eigenvalue weighted by atomic mass is 9.89. The molecule has 2 aliphatic heterocycles. The molecule has 3 unspecified atom stereocenters. The minimum atomic E-state index is -1.59. The molecule has 250 valence electrons. The van der Waals surface area contributed by atoms with Crippen LogP contribution in [-0.4, -0.2) is 124 Å². The van der Waals surface area contributed by atoms with Gasteiger partial charge in [-0.3, -0.25) is 14.5 Å². The average Bonchev–Trinajstić information content (AvgIpc) is 3.82. The molecule has 10 atom stereocenters. The van der Waals surface area contributed by atoms with E-state index in [4.69, 9.17) is 14.2 Å². The van der Waals surface area contributed by atoms with Gasteiger partial charge < -0.3 is 45.1 Å². The van der Waals surface area contributed by atoms with Crippen molar-refractivity contribution < 1.29 is 49.3 Å². The number of carbonyl (C=O) groups excluding carboxylic acids is 2. The van der Waals surface area contributed by atoms with Gasteiger partial charge in [-0.2, -0.15) is 0 Å². The third kappa shape index (κ3) is 9.63. The van der Waals surface area contributed by atoms with Gasteiger partial charge in [-0.05, 0) is 58.3 Å². The Morgan fingerprint density at radius 1 is 1.18 bits per heavy atom. The fourth-order valence-electron chi connectivity index (χ4n) is 6.47. The first-order chi connectivity index (χ1) is 21.2. The molecule has 2 saturated heterocycles. The molecule has 44 heavy (non-hydrogen) atoms. The first-order valence-electron chi connectivity index (χ1n) is 16.4. The Morgan fingerprint density at radius 2 is 1.98 bits per heavy atom. The molecular formula is C32H52N2O10. The smallest absolute Gasteiger partial charge is 0.219 e. The number of nitrogens with one attached hydrogen (secondary N) is 1. The van der Waals surface area contributed by atoms with Crippen LogP contribution >= 0.6 is 0 Å². The number of hydrogen-bond donors (Lipinski definition) is 6. The van der Waals surface area contributed by atoms with Crippen molar-refractivity contribution in [3.8, 4) is 0 Å². The summed E-state index contributed by atoms with van der Waals surface area (Å²) in [6, 6.07) is 0.583. The number of allylic oxidation sites excluding steroid dienone is 2. The number of Topliss-reactive ketones (excluding diaryl/α,β-unsaturated/α-hetero) is 1. The summed E-state index contributed by atoms with van der Waals surface area (Å²) in [6.07, 6.45) is 5.67. The summed E-state index contributed by atoms with van der Waals surface area (Å²) in [5.74, 6) is -0.913. The van der Waals surface area contributed by atoms with Gasteiger partial charge in [-0.25, -0.2) is 0 Å². The van der Waals surface area contributed by atoms with Crippen LogP contribution in [-0.2, 0) is 23.8 Å². The second kappa shape index (κ2) is 17.3. The molecule has 4 rings (SSSR count). The molecule has 2 aliphatic carbocycles. The number of aliphatic hydroxyl groups is 5. The number of amides is 1. The number of unbranched alkanes of at least 4 members (excludes halogenated alkanes) is 1. The molecule has 0 aromatic heterocycles. The number of ketones is 1. The standard InChI is InChI=1S/C32H52N2O10/c1-2-33-27(38)9-6-4-3-5-8-22-23(14-12-21(36)13-15-28-34(20-10-11-20)16-7-17-42-28)25(18-24(22)37)43-32-31(41)30(40)29(39)26(19-35)44-32/h3,5,12,14,20-23,25-26,28-32,35-36,39-41H,2,4,6-11,13,15-19H2,1H3,(H,33,38)/t21-,22-,23-,25-,26?,28?,29-,30+,31?,32+/m1/s1. The maximum Gasteiger partial charge on any atom is 0.219 e. The Labute approximate surface area is 260 Å². The van der Waals surface area contributed by atoms with E-state index in [9.17, 15) is 35.1 Å². The largest absolute Gasteiger partial charge is 0.394 e. The second-order valence-electron chi connectivity index (χ2n) is 12.5. The van der Waals surface area contributed by atoms with Crippen molar-refractivity contribution in [2.75, 3.05) is 26.3 Å². The van der Waals surface area contributed by atoms with E-state index in [1.54, 1.807) is 12.2 Å². The van der Waals surface area contributed by atoms with E-state index in [-0.39, 0.29) is 24.3 Å². The summed E-state index contributed by atoms with van der Waals surface area (Å²) in [6.45, 7) is 3.64. The van der Waals surface area contributed by atoms with Crippen molar-refractivity contribution >= 4 is 11.7 Å². The van der Waals surface area contributed by atoms with Crippen LogP contribution in [0.3, 0.4) is 0 Å². The Bertz CT molecular complexity index is 973. The summed E-state index contributed by atoms with van der Waals surface area (Å²) >= 11 is 0. The highest BCUT2D eigenvalue weighted by atomic mass is 16.7. The zero-order chi connectivity index (χ0) is 31.6. The monoisotopic (exact) mass is 624 g/mol. The zero-order valence-corrected chi connectivity index (χ0v) is 25.8. The van der Waals surface area contributed by atoms with Gasteiger partial charge >= 0.3 is 0 Å². The first-order valence-corrected chi connectivity index (χ1v) is 16.4. The number of ether oxygens (including phenoxy) is 3. The number of aliphatic hydroxyl groups excluding tert-OH is 5. The van der Waals surface area contributed by atoms with E-state index in [1.807, 2.05) is 19.1 Å². The van der Waals surface area contributed by atoms with E-state index in [1.165, 1.54) is 12.8 Å². The van der Waals surface area contributed by atoms with Crippen molar-refractivity contribution in [3.63, 3.8) is 0 Å². The maximum atomic E-state index is 13.2. The fraction of sp³-hybridized carbons (Fsp3) is 0.812. The van der Waals surface area contributed by atoms with Gasteiger partial charge in [0.05, 0.1) is 18.8 Å². The highest BCUT2D eigenvalue weighted by molar-refractivity contribution is 5.85. The summed E-state index contributed by atoms with van der Waals surface area (Å²) < 4.78 is 17.6. The number of hydrogen-bond acceptors (Lipinski definition) is 11. The van der Waals surface area contributed by atoms with Gasteiger partial charge in [0.25, 0.3) is 0 Å². The maximum absolute atomic E-state index is 13.2. The fourth-order valence-corrected chi connectivity index (χ4v) is 6.47. The third-order valence-corrected chi connectivity index (χ3v) is 9.09. The third-order valence-electron chi connectivity index (χ3n) is 9.09. The molecule has 2 heterocycles. The van der Waals surface area contributed by atoms with Crippen LogP contribution < -0.4 is 5.32 Å². The molecule has 0 bridgehead atoms. The van der Waals surface area contributed by atoms with E-state index < -0.39 is 61.4 Å². The lowest BCUT2D eigenvalue weighted by Gasteiger charge is -2.41. The molecule has 0 radical (unpaired) electrons. The van der Waals surface area contributed by atoms with E-state index in [0.29, 0.717) is 51.1 Å². The molecular weight excluding hydrogens is 572 g/mol. The highest BCUT2D eigenvalue weighted by Crippen LogP contribution is 2.38. The molecule has 0 spiro atoms. The summed E-state index contributed by atoms with van der Waals surface area (Å²) in [5.41, 5.74) is 0. The number of carbonyl (C=O) groups is 2. The normalized spacial score (nSPS) is 36.0. The topological polar surface area (TPSA) is 178 Å². The van der Waals surface area contributed by atoms with E-state index >= 15 is 0 Å². The summed E-state index contributed by atoms with van der Waals surface area (Å²) in [5, 5.41) is 54.1. The minimum Gasteiger partial charge on any atom is -0.394 e. The van der Waals surface area contributed by atoms with Crippen LogP contribution in [0, 0.1) is 11.8 Å². The molecule has 12 nitrogen and oxygen atoms in total. The van der Waals surface area contributed by atoms with Gasteiger partial charge in [-0.15, -0.1) is 0 Å². The lowest BCUT2D eigenvalue weighted by molar-refractivity contribution is -0.312. The van der Waals surface area contributed by atoms with Gasteiger partial charge in [0.1, 0.15) is 36.4 Å². The molecule has 4 aliphatic rings. The zero-order valence-electron chi connectivity index (χ0n) is 25.8. The first kappa shape index (κ1) is 35.1. The van der Waals surface area contributed by atoms with Gasteiger partial charge in [0.15, 0.2) is 6.29 Å². The average molecular weight is 625 g/mol. The van der Waals surface area contributed by atoms with Crippen LogP contribution in [0.15, 0.2) is 24.3 Å². The Morgan fingerprint density at radius 3 is 2.70 bits per heavy atom. The van der Waals surface area contributed by atoms with Crippen LogP contribution in [0.1, 0.15) is 71.1 Å². The van der Waals surface area contributed by atoms with Crippen LogP contribution in [0.5, 0.6) is 0 Å². The predicted octanol–water partition coefficient (Wildman–Crippen LogP) is 0.538. The molecule has 4 fully saturated rings. The van der Waals surface area contributed by atoms with Crippen LogP contribution in [0.2, 0.25) is 0 Å². The van der Waals surface area contributed by atoms with Crippen molar-refractivity contribution in [1.29, 1.82) is 0 Å².